The molecule has 0 saturated heterocycles. The maximum absolute atomic E-state index is 11.3. The molecule has 0 aliphatic rings. The molecule has 1 atom stereocenters. The zero-order valence-corrected chi connectivity index (χ0v) is 8.94. The number of allylic oxidation sites excluding steroid dienone is 1. The average Bonchev–Trinajstić information content (AvgIpc) is 1.82. The van der Waals surface area contributed by atoms with Crippen molar-refractivity contribution < 1.29 is 9.59 Å². The second-order valence-electron chi connectivity index (χ2n) is 4.13. The summed E-state index contributed by atoms with van der Waals surface area (Å²) in [4.78, 5) is 22.3. The standard InChI is InChI=1S/C11H18O2/c1-8(2)6-11(5,10(4)13)7-9(3)12/h1,6-7H2,2-5H3. The van der Waals surface area contributed by atoms with Crippen molar-refractivity contribution in [1.82, 2.24) is 0 Å². The van der Waals surface area contributed by atoms with Crippen LogP contribution in [0.15, 0.2) is 12.2 Å². The smallest absolute Gasteiger partial charge is 0.136 e. The van der Waals surface area contributed by atoms with Crippen LogP contribution in [-0.2, 0) is 9.59 Å². The van der Waals surface area contributed by atoms with Gasteiger partial charge in [0, 0.05) is 11.8 Å². The lowest BCUT2D eigenvalue weighted by Gasteiger charge is -2.25. The molecule has 1 unspecified atom stereocenters. The number of carbonyl (C=O) groups is 2. The molecule has 13 heavy (non-hydrogen) atoms. The fraction of sp³-hybridized carbons (Fsp3) is 0.636. The highest BCUT2D eigenvalue weighted by Crippen LogP contribution is 2.30. The molecule has 0 radical (unpaired) electrons. The minimum atomic E-state index is -0.544. The molecule has 0 aromatic rings. The number of rotatable bonds is 5. The van der Waals surface area contributed by atoms with Gasteiger partial charge in [0.2, 0.25) is 0 Å². The minimum Gasteiger partial charge on any atom is -0.300 e. The van der Waals surface area contributed by atoms with Gasteiger partial charge in [0.05, 0.1) is 0 Å². The molecule has 2 nitrogen and oxygen atoms in total. The van der Waals surface area contributed by atoms with Gasteiger partial charge < -0.3 is 0 Å². The second-order valence-corrected chi connectivity index (χ2v) is 4.13. The molecule has 0 bridgehead atoms. The molecule has 0 fully saturated rings. The van der Waals surface area contributed by atoms with Gasteiger partial charge in [-0.25, -0.2) is 0 Å². The van der Waals surface area contributed by atoms with Crippen molar-refractivity contribution in [2.75, 3.05) is 0 Å². The normalized spacial score (nSPS) is 14.8. The van der Waals surface area contributed by atoms with Crippen molar-refractivity contribution in [2.24, 2.45) is 5.41 Å². The van der Waals surface area contributed by atoms with Gasteiger partial charge in [-0.1, -0.05) is 12.5 Å². The highest BCUT2D eigenvalue weighted by atomic mass is 16.1. The Morgan fingerprint density at radius 2 is 1.62 bits per heavy atom. The maximum atomic E-state index is 11.3. The first-order valence-corrected chi connectivity index (χ1v) is 4.43. The summed E-state index contributed by atoms with van der Waals surface area (Å²) in [5.41, 5.74) is 0.399. The number of hydrogen-bond acceptors (Lipinski definition) is 2. The van der Waals surface area contributed by atoms with Crippen LogP contribution in [0.1, 0.15) is 40.5 Å². The first-order valence-electron chi connectivity index (χ1n) is 4.43. The zero-order chi connectivity index (χ0) is 10.6. The van der Waals surface area contributed by atoms with E-state index in [1.165, 1.54) is 13.8 Å². The molecule has 0 amide bonds. The van der Waals surface area contributed by atoms with Gasteiger partial charge in [-0.05, 0) is 27.2 Å². The Morgan fingerprint density at radius 3 is 1.85 bits per heavy atom. The van der Waals surface area contributed by atoms with Gasteiger partial charge in [-0.3, -0.25) is 9.59 Å². The summed E-state index contributed by atoms with van der Waals surface area (Å²) >= 11 is 0. The lowest BCUT2D eigenvalue weighted by Crippen LogP contribution is -2.28. The van der Waals surface area contributed by atoms with E-state index in [-0.39, 0.29) is 11.6 Å². The monoisotopic (exact) mass is 182 g/mol. The van der Waals surface area contributed by atoms with Crippen LogP contribution in [0.3, 0.4) is 0 Å². The topological polar surface area (TPSA) is 34.1 Å². The van der Waals surface area contributed by atoms with Gasteiger partial charge in [-0.2, -0.15) is 0 Å². The Kier molecular flexibility index (Phi) is 4.05. The number of hydrogen-bond donors (Lipinski definition) is 0. The summed E-state index contributed by atoms with van der Waals surface area (Å²) in [7, 11) is 0. The van der Waals surface area contributed by atoms with Crippen LogP contribution in [0.4, 0.5) is 0 Å². The number of carbonyl (C=O) groups excluding carboxylic acids is 2. The van der Waals surface area contributed by atoms with Gasteiger partial charge in [0.15, 0.2) is 0 Å². The first kappa shape index (κ1) is 12.1. The van der Waals surface area contributed by atoms with E-state index in [1.807, 2.05) is 13.8 Å². The predicted octanol–water partition coefficient (Wildman–Crippen LogP) is 2.53. The second kappa shape index (κ2) is 4.35. The van der Waals surface area contributed by atoms with E-state index in [4.69, 9.17) is 0 Å². The quantitative estimate of drug-likeness (QED) is 0.612. The predicted molar refractivity (Wildman–Crippen MR) is 53.5 cm³/mol. The molecular weight excluding hydrogens is 164 g/mol. The van der Waals surface area contributed by atoms with Gasteiger partial charge in [0.1, 0.15) is 11.6 Å². The summed E-state index contributed by atoms with van der Waals surface area (Å²) in [5, 5.41) is 0. The fourth-order valence-corrected chi connectivity index (χ4v) is 1.53. The molecule has 0 spiro atoms. The van der Waals surface area contributed by atoms with Gasteiger partial charge in [0.25, 0.3) is 0 Å². The largest absolute Gasteiger partial charge is 0.300 e. The van der Waals surface area contributed by atoms with Crippen LogP contribution in [0.5, 0.6) is 0 Å². The van der Waals surface area contributed by atoms with Crippen LogP contribution >= 0.6 is 0 Å². The van der Waals surface area contributed by atoms with Crippen LogP contribution in [0.2, 0.25) is 0 Å². The van der Waals surface area contributed by atoms with Crippen LogP contribution < -0.4 is 0 Å². The van der Waals surface area contributed by atoms with E-state index in [2.05, 4.69) is 6.58 Å². The molecule has 74 valence electrons. The molecule has 0 saturated carbocycles. The van der Waals surface area contributed by atoms with Crippen molar-refractivity contribution in [3.8, 4) is 0 Å². The lowest BCUT2D eigenvalue weighted by atomic mass is 9.77. The van der Waals surface area contributed by atoms with Crippen LogP contribution in [0, 0.1) is 5.41 Å². The summed E-state index contributed by atoms with van der Waals surface area (Å²) in [6.45, 7) is 10.5. The zero-order valence-electron chi connectivity index (χ0n) is 8.94. The highest BCUT2D eigenvalue weighted by Gasteiger charge is 2.30. The van der Waals surface area contributed by atoms with Crippen molar-refractivity contribution in [3.63, 3.8) is 0 Å². The summed E-state index contributed by atoms with van der Waals surface area (Å²) in [6.07, 6.45) is 0.914. The van der Waals surface area contributed by atoms with Crippen LogP contribution in [-0.4, -0.2) is 11.6 Å². The van der Waals surface area contributed by atoms with Crippen molar-refractivity contribution in [3.05, 3.63) is 12.2 Å². The Bertz CT molecular complexity index is 222. The Balaban J connectivity index is 4.62. The van der Waals surface area contributed by atoms with Gasteiger partial charge >= 0.3 is 0 Å². The van der Waals surface area contributed by atoms with Crippen molar-refractivity contribution >= 4 is 11.6 Å². The van der Waals surface area contributed by atoms with Gasteiger partial charge in [-0.15, -0.1) is 6.58 Å². The molecule has 0 aliphatic carbocycles. The minimum absolute atomic E-state index is 0.0546. The van der Waals surface area contributed by atoms with Crippen molar-refractivity contribution in [1.29, 1.82) is 0 Å². The van der Waals surface area contributed by atoms with E-state index >= 15 is 0 Å². The molecule has 0 aliphatic heterocycles. The third-order valence-corrected chi connectivity index (χ3v) is 2.18. The molecule has 0 rings (SSSR count). The number of ketones is 2. The van der Waals surface area contributed by atoms with E-state index in [0.717, 1.165) is 5.57 Å². The number of Topliss-reactive ketones (excluding diaryl/α,β-unsaturated/α-hetero) is 2. The van der Waals surface area contributed by atoms with E-state index < -0.39 is 5.41 Å². The Morgan fingerprint density at radius 1 is 1.15 bits per heavy atom. The van der Waals surface area contributed by atoms with Crippen molar-refractivity contribution in [2.45, 2.75) is 40.5 Å². The average molecular weight is 182 g/mol. The summed E-state index contributed by atoms with van der Waals surface area (Å²) in [6, 6.07) is 0. The first-order chi connectivity index (χ1) is 5.78. The molecular formula is C11H18O2. The van der Waals surface area contributed by atoms with E-state index in [1.54, 1.807) is 0 Å². The Hall–Kier alpha value is -0.920. The molecule has 2 heteroatoms. The maximum Gasteiger partial charge on any atom is 0.136 e. The van der Waals surface area contributed by atoms with E-state index in [0.29, 0.717) is 12.8 Å². The molecule has 0 aromatic heterocycles. The summed E-state index contributed by atoms with van der Waals surface area (Å²) < 4.78 is 0. The molecule has 0 heterocycles. The third-order valence-electron chi connectivity index (χ3n) is 2.18. The third kappa shape index (κ3) is 4.02. The SMILES string of the molecule is C=C(C)CC(C)(CC(C)=O)C(C)=O. The fourth-order valence-electron chi connectivity index (χ4n) is 1.53. The highest BCUT2D eigenvalue weighted by molar-refractivity contribution is 5.88. The van der Waals surface area contributed by atoms with E-state index in [9.17, 15) is 9.59 Å². The Labute approximate surface area is 80.0 Å². The molecule has 0 aromatic carbocycles. The molecule has 0 N–H and O–H groups in total. The summed E-state index contributed by atoms with van der Waals surface area (Å²) in [5.74, 6) is 0.115. The lowest BCUT2D eigenvalue weighted by molar-refractivity contribution is -0.130. The van der Waals surface area contributed by atoms with Crippen LogP contribution in [0.25, 0.3) is 0 Å².